The van der Waals surface area contributed by atoms with Crippen molar-refractivity contribution in [3.05, 3.63) is 59.0 Å². The number of rotatable bonds is 1. The smallest absolute Gasteiger partial charge is 0.266 e. The highest BCUT2D eigenvalue weighted by Gasteiger charge is 2.15. The van der Waals surface area contributed by atoms with Gasteiger partial charge in [0.05, 0.1) is 12.3 Å². The van der Waals surface area contributed by atoms with Crippen LogP contribution in [0.15, 0.2) is 48.4 Å². The standard InChI is InChI=1S/C15H14NOS/c1-11-6-7-14-13(9-11)16(2)15(18-14)10-12-5-3-4-8-17-12/h3-10H,1-2H3/q+1/b12-10+. The highest BCUT2D eigenvalue weighted by molar-refractivity contribution is 7.18. The van der Waals surface area contributed by atoms with Crippen molar-refractivity contribution >= 4 is 27.6 Å². The lowest BCUT2D eigenvalue weighted by Gasteiger charge is -2.01. The minimum atomic E-state index is 0.872. The Hall–Kier alpha value is -1.87. The first-order valence-corrected chi connectivity index (χ1v) is 6.66. The molecule has 90 valence electrons. The molecule has 0 saturated heterocycles. The SMILES string of the molecule is Cc1ccc2sc(/C=C3\C=CC=CO3)[n+](C)c2c1. The van der Waals surface area contributed by atoms with Crippen molar-refractivity contribution in [3.63, 3.8) is 0 Å². The van der Waals surface area contributed by atoms with E-state index in [1.165, 1.54) is 20.8 Å². The number of ether oxygens (including phenoxy) is 1. The van der Waals surface area contributed by atoms with Crippen LogP contribution in [0.3, 0.4) is 0 Å². The second-order valence-electron chi connectivity index (χ2n) is 4.32. The Kier molecular flexibility index (Phi) is 2.76. The molecule has 0 atom stereocenters. The number of aryl methyl sites for hydroxylation is 2. The van der Waals surface area contributed by atoms with Crippen LogP contribution in [-0.4, -0.2) is 0 Å². The Morgan fingerprint density at radius 3 is 2.94 bits per heavy atom. The number of allylic oxidation sites excluding steroid dienone is 3. The summed E-state index contributed by atoms with van der Waals surface area (Å²) in [4.78, 5) is 0. The van der Waals surface area contributed by atoms with E-state index >= 15 is 0 Å². The third-order valence-electron chi connectivity index (χ3n) is 2.94. The molecule has 18 heavy (non-hydrogen) atoms. The Morgan fingerprint density at radius 2 is 2.17 bits per heavy atom. The van der Waals surface area contributed by atoms with Gasteiger partial charge in [0.1, 0.15) is 17.5 Å². The number of hydrogen-bond acceptors (Lipinski definition) is 2. The zero-order valence-electron chi connectivity index (χ0n) is 10.4. The molecule has 1 aliphatic rings. The molecule has 3 rings (SSSR count). The maximum absolute atomic E-state index is 5.44. The Morgan fingerprint density at radius 1 is 1.28 bits per heavy atom. The molecule has 0 amide bonds. The lowest BCUT2D eigenvalue weighted by Crippen LogP contribution is -2.29. The number of benzene rings is 1. The predicted octanol–water partition coefficient (Wildman–Crippen LogP) is 3.48. The van der Waals surface area contributed by atoms with E-state index in [0.717, 1.165) is 5.76 Å². The van der Waals surface area contributed by atoms with Crippen LogP contribution in [0.2, 0.25) is 0 Å². The Labute approximate surface area is 110 Å². The Bertz CT molecular complexity index is 692. The highest BCUT2D eigenvalue weighted by atomic mass is 32.1. The summed E-state index contributed by atoms with van der Waals surface area (Å²) >= 11 is 1.77. The molecule has 0 bridgehead atoms. The molecule has 1 aromatic carbocycles. The average Bonchev–Trinajstić information content (AvgIpc) is 2.68. The zero-order valence-corrected chi connectivity index (χ0v) is 11.2. The van der Waals surface area contributed by atoms with Crippen molar-refractivity contribution in [3.8, 4) is 0 Å². The highest BCUT2D eigenvalue weighted by Crippen LogP contribution is 2.23. The molecule has 2 aromatic rings. The molecule has 0 aliphatic carbocycles. The van der Waals surface area contributed by atoms with Gasteiger partial charge in [-0.25, -0.2) is 0 Å². The molecule has 0 saturated carbocycles. The van der Waals surface area contributed by atoms with E-state index in [2.05, 4.69) is 42.8 Å². The van der Waals surface area contributed by atoms with E-state index in [1.807, 2.05) is 18.2 Å². The molecule has 1 aromatic heterocycles. The van der Waals surface area contributed by atoms with Crippen LogP contribution in [0.4, 0.5) is 0 Å². The summed E-state index contributed by atoms with van der Waals surface area (Å²) in [5.41, 5.74) is 2.55. The monoisotopic (exact) mass is 256 g/mol. The molecule has 0 N–H and O–H groups in total. The molecule has 0 radical (unpaired) electrons. The van der Waals surface area contributed by atoms with Crippen molar-refractivity contribution in [2.45, 2.75) is 6.92 Å². The molecule has 3 heteroatoms. The van der Waals surface area contributed by atoms with Crippen LogP contribution in [-0.2, 0) is 11.8 Å². The van der Waals surface area contributed by atoms with E-state index in [0.29, 0.717) is 0 Å². The second-order valence-corrected chi connectivity index (χ2v) is 5.38. The minimum absolute atomic E-state index is 0.872. The van der Waals surface area contributed by atoms with Crippen molar-refractivity contribution in [1.82, 2.24) is 0 Å². The zero-order chi connectivity index (χ0) is 12.5. The van der Waals surface area contributed by atoms with Crippen LogP contribution in [0.5, 0.6) is 0 Å². The van der Waals surface area contributed by atoms with Gasteiger partial charge in [-0.05, 0) is 30.7 Å². The maximum atomic E-state index is 5.44. The first-order valence-electron chi connectivity index (χ1n) is 5.85. The van der Waals surface area contributed by atoms with Gasteiger partial charge in [0, 0.05) is 6.07 Å². The molecule has 2 nitrogen and oxygen atoms in total. The summed E-state index contributed by atoms with van der Waals surface area (Å²) in [6, 6.07) is 6.54. The van der Waals surface area contributed by atoms with Crippen LogP contribution in [0.25, 0.3) is 16.3 Å². The van der Waals surface area contributed by atoms with Crippen LogP contribution in [0, 0.1) is 6.92 Å². The quantitative estimate of drug-likeness (QED) is 0.712. The van der Waals surface area contributed by atoms with Crippen molar-refractivity contribution in [1.29, 1.82) is 0 Å². The van der Waals surface area contributed by atoms with Gasteiger partial charge in [0.2, 0.25) is 5.52 Å². The van der Waals surface area contributed by atoms with E-state index < -0.39 is 0 Å². The number of aromatic nitrogens is 1. The van der Waals surface area contributed by atoms with Crippen LogP contribution < -0.4 is 4.57 Å². The van der Waals surface area contributed by atoms with Crippen molar-refractivity contribution in [2.75, 3.05) is 0 Å². The topological polar surface area (TPSA) is 13.1 Å². The lowest BCUT2D eigenvalue weighted by molar-refractivity contribution is -0.642. The van der Waals surface area contributed by atoms with Gasteiger partial charge in [-0.3, -0.25) is 0 Å². The van der Waals surface area contributed by atoms with E-state index in [9.17, 15) is 0 Å². The molecule has 2 heterocycles. The van der Waals surface area contributed by atoms with Gasteiger partial charge in [0.15, 0.2) is 0 Å². The first kappa shape index (κ1) is 11.2. The summed E-state index contributed by atoms with van der Waals surface area (Å²) in [5, 5.41) is 1.19. The van der Waals surface area contributed by atoms with Gasteiger partial charge < -0.3 is 4.74 Å². The number of thiazole rings is 1. The van der Waals surface area contributed by atoms with E-state index in [-0.39, 0.29) is 0 Å². The fraction of sp³-hybridized carbons (Fsp3) is 0.133. The molecule has 0 fully saturated rings. The van der Waals surface area contributed by atoms with Crippen molar-refractivity contribution < 1.29 is 9.30 Å². The third kappa shape index (κ3) is 1.97. The fourth-order valence-electron chi connectivity index (χ4n) is 1.96. The maximum Gasteiger partial charge on any atom is 0.266 e. The predicted molar refractivity (Wildman–Crippen MR) is 75.1 cm³/mol. The largest absolute Gasteiger partial charge is 0.465 e. The summed E-state index contributed by atoms with van der Waals surface area (Å²) in [5.74, 6) is 0.872. The van der Waals surface area contributed by atoms with Crippen LogP contribution >= 0.6 is 11.3 Å². The molecule has 1 aliphatic heterocycles. The average molecular weight is 256 g/mol. The number of fused-ring (bicyclic) bond motifs is 1. The van der Waals surface area contributed by atoms with Gasteiger partial charge >= 0.3 is 0 Å². The summed E-state index contributed by atoms with van der Waals surface area (Å²) in [6.07, 6.45) is 9.59. The van der Waals surface area contributed by atoms with Crippen LogP contribution in [0.1, 0.15) is 10.6 Å². The van der Waals surface area contributed by atoms with Gasteiger partial charge in [-0.2, -0.15) is 4.57 Å². The molecular formula is C15H14NOS+. The lowest BCUT2D eigenvalue weighted by atomic mass is 10.2. The number of nitrogens with zero attached hydrogens (tertiary/aromatic N) is 1. The first-order chi connectivity index (χ1) is 8.74. The summed E-state index contributed by atoms with van der Waals surface area (Å²) in [7, 11) is 2.09. The van der Waals surface area contributed by atoms with Gasteiger partial charge in [0.25, 0.3) is 5.01 Å². The summed E-state index contributed by atoms with van der Waals surface area (Å²) < 4.78 is 8.94. The van der Waals surface area contributed by atoms with Crippen molar-refractivity contribution in [2.24, 2.45) is 7.05 Å². The second kappa shape index (κ2) is 4.42. The molecule has 0 spiro atoms. The van der Waals surface area contributed by atoms with E-state index in [1.54, 1.807) is 17.6 Å². The fourth-order valence-corrected chi connectivity index (χ4v) is 3.03. The molecule has 0 unspecified atom stereocenters. The minimum Gasteiger partial charge on any atom is -0.465 e. The number of hydrogen-bond donors (Lipinski definition) is 0. The van der Waals surface area contributed by atoms with E-state index in [4.69, 9.17) is 4.74 Å². The Balaban J connectivity index is 2.10. The van der Waals surface area contributed by atoms with Gasteiger partial charge in [-0.1, -0.05) is 23.5 Å². The van der Waals surface area contributed by atoms with Gasteiger partial charge in [-0.15, -0.1) is 0 Å². The summed E-state index contributed by atoms with van der Waals surface area (Å²) in [6.45, 7) is 2.12. The molecular weight excluding hydrogens is 242 g/mol. The third-order valence-corrected chi connectivity index (χ3v) is 4.11. The normalized spacial score (nSPS) is 16.4.